The Morgan fingerprint density at radius 1 is 0.403 bits per heavy atom. The smallest absolute Gasteiger partial charge is 0.370 e. The van der Waals surface area contributed by atoms with Gasteiger partial charge in [-0.15, -0.1) is 0 Å². The molecule has 0 heterocycles. The fourth-order valence-electron chi connectivity index (χ4n) is 6.46. The van der Waals surface area contributed by atoms with Crippen molar-refractivity contribution in [3.63, 3.8) is 0 Å². The van der Waals surface area contributed by atoms with E-state index in [-0.39, 0.29) is 55.6 Å². The SMILES string of the molecule is CC(NC(=N)N)c1cc(COP(=O)(OCc2cc(C(C)NC(=N)N)cc(C(C)NC(=N)N)c2)OCc2cc(C(C)NC(=N)N)cc(C(C)NC(=N)N)c2)cc(C(C)NC(=N)N)c1. The first kappa shape index (κ1) is 49.8. The van der Waals surface area contributed by atoms with Gasteiger partial charge in [-0.1, -0.05) is 54.6 Å². The van der Waals surface area contributed by atoms with Crippen LogP contribution in [0.5, 0.6) is 0 Å². The van der Waals surface area contributed by atoms with Crippen LogP contribution in [0.4, 0.5) is 0 Å². The zero-order valence-corrected chi connectivity index (χ0v) is 36.7. The molecule has 62 heavy (non-hydrogen) atoms. The van der Waals surface area contributed by atoms with E-state index in [1.807, 2.05) is 59.7 Å². The standard InChI is InChI=1S/C39H63N18O4P/c1-19(52-34(40)41)28-7-25(8-29(13-28)20(2)53-35(42)43)16-59-62(58,60-17-26-9-30(21(3)54-36(44)45)14-31(10-26)22(4)55-37(46)47)61-18-27-11-32(23(5)56-38(48)49)15-33(12-27)24(6)57-39(50)51/h7-15,19-24H,16-18H2,1-6H3,(H4,40,41,52)(H4,42,43,53)(H4,44,45,54)(H4,46,47,55)(H4,48,49,56)(H4,50,51,57). The number of nitrogens with two attached hydrogens (primary N) is 6. The molecular weight excluding hydrogens is 816 g/mol. The second-order valence-corrected chi connectivity index (χ2v) is 16.6. The van der Waals surface area contributed by atoms with Gasteiger partial charge >= 0.3 is 7.82 Å². The Labute approximate surface area is 362 Å². The van der Waals surface area contributed by atoms with Crippen molar-refractivity contribution in [2.45, 2.75) is 97.6 Å². The van der Waals surface area contributed by atoms with E-state index in [0.717, 1.165) is 0 Å². The largest absolute Gasteiger partial charge is 0.475 e. The zero-order chi connectivity index (χ0) is 46.5. The predicted molar refractivity (Wildman–Crippen MR) is 242 cm³/mol. The van der Waals surface area contributed by atoms with Crippen molar-refractivity contribution in [2.24, 2.45) is 34.4 Å². The summed E-state index contributed by atoms with van der Waals surface area (Å²) in [6, 6.07) is 13.8. The number of guanidine groups is 6. The first-order valence-electron chi connectivity index (χ1n) is 19.5. The highest BCUT2D eigenvalue weighted by molar-refractivity contribution is 7.48. The van der Waals surface area contributed by atoms with Crippen LogP contribution in [0, 0.1) is 32.5 Å². The minimum Gasteiger partial charge on any atom is -0.370 e. The Kier molecular flexibility index (Phi) is 17.9. The lowest BCUT2D eigenvalue weighted by molar-refractivity contribution is 0.0977. The molecule has 0 saturated heterocycles. The Morgan fingerprint density at radius 3 is 0.710 bits per heavy atom. The Hall–Kier alpha value is -6.61. The molecule has 3 aromatic rings. The minimum atomic E-state index is -4.50. The molecule has 22 nitrogen and oxygen atoms in total. The van der Waals surface area contributed by atoms with Gasteiger partial charge in [-0.2, -0.15) is 0 Å². The van der Waals surface area contributed by atoms with Crippen LogP contribution in [0.25, 0.3) is 0 Å². The van der Waals surface area contributed by atoms with Crippen LogP contribution >= 0.6 is 7.82 Å². The first-order valence-corrected chi connectivity index (χ1v) is 21.0. The summed E-state index contributed by atoms with van der Waals surface area (Å²) in [5.74, 6) is -1.43. The number of hydrogen-bond acceptors (Lipinski definition) is 10. The maximum atomic E-state index is 14.9. The normalized spacial score (nSPS) is 14.9. The number of phosphoric acid groups is 1. The van der Waals surface area contributed by atoms with Crippen LogP contribution in [-0.4, -0.2) is 35.8 Å². The summed E-state index contributed by atoms with van der Waals surface area (Å²) in [7, 11) is -4.50. The second kappa shape index (κ2) is 22.3. The van der Waals surface area contributed by atoms with E-state index in [4.69, 9.17) is 80.4 Å². The lowest BCUT2D eigenvalue weighted by atomic mass is 9.98. The van der Waals surface area contributed by atoms with Crippen molar-refractivity contribution < 1.29 is 18.1 Å². The quantitative estimate of drug-likeness (QED) is 0.0415. The number of benzene rings is 3. The number of rotatable bonds is 21. The Bertz CT molecular complexity index is 1810. The predicted octanol–water partition coefficient (Wildman–Crippen LogP) is 3.01. The third-order valence-electron chi connectivity index (χ3n) is 9.51. The molecule has 24 N–H and O–H groups in total. The maximum absolute atomic E-state index is 14.9. The minimum absolute atomic E-state index is 0.239. The van der Waals surface area contributed by atoms with Gasteiger partial charge in [0, 0.05) is 0 Å². The van der Waals surface area contributed by atoms with Gasteiger partial charge in [0.2, 0.25) is 0 Å². The van der Waals surface area contributed by atoms with Crippen molar-refractivity contribution in [3.05, 3.63) is 105 Å². The van der Waals surface area contributed by atoms with Crippen LogP contribution in [-0.2, 0) is 38.0 Å². The van der Waals surface area contributed by atoms with Crippen molar-refractivity contribution in [1.29, 1.82) is 32.5 Å². The van der Waals surface area contributed by atoms with Crippen molar-refractivity contribution >= 4 is 43.6 Å². The molecule has 0 amide bonds. The molecule has 6 unspecified atom stereocenters. The van der Waals surface area contributed by atoms with E-state index >= 15 is 0 Å². The van der Waals surface area contributed by atoms with E-state index in [1.165, 1.54) is 0 Å². The molecule has 0 aliphatic carbocycles. The van der Waals surface area contributed by atoms with Crippen LogP contribution < -0.4 is 66.3 Å². The monoisotopic (exact) mass is 879 g/mol. The Morgan fingerprint density at radius 2 is 0.565 bits per heavy atom. The highest BCUT2D eigenvalue weighted by Gasteiger charge is 2.29. The topological polar surface area (TPSA) is 416 Å². The van der Waals surface area contributed by atoms with Gasteiger partial charge < -0.3 is 66.3 Å². The number of phosphoric ester groups is 1. The van der Waals surface area contributed by atoms with Gasteiger partial charge in [-0.25, -0.2) is 4.57 Å². The molecule has 0 saturated carbocycles. The molecule has 0 radical (unpaired) electrons. The summed E-state index contributed by atoms with van der Waals surface area (Å²) in [6.45, 7) is 10.1. The molecular formula is C39H63N18O4P. The second-order valence-electron chi connectivity index (χ2n) is 15.0. The van der Waals surface area contributed by atoms with Crippen molar-refractivity contribution in [1.82, 2.24) is 31.9 Å². The molecule has 0 aliphatic heterocycles. The van der Waals surface area contributed by atoms with Crippen LogP contribution in [0.3, 0.4) is 0 Å². The average Bonchev–Trinajstić information content (AvgIpc) is 3.16. The van der Waals surface area contributed by atoms with E-state index in [9.17, 15) is 4.57 Å². The molecule has 0 fully saturated rings. The molecule has 3 aromatic carbocycles. The average molecular weight is 879 g/mol. The summed E-state index contributed by atoms with van der Waals surface area (Å²) >= 11 is 0. The van der Waals surface area contributed by atoms with Gasteiger partial charge in [-0.3, -0.25) is 46.0 Å². The fraction of sp³-hybridized carbons (Fsp3) is 0.385. The summed E-state index contributed by atoms with van der Waals surface area (Å²) in [4.78, 5) is 0. The van der Waals surface area contributed by atoms with Gasteiger partial charge in [0.05, 0.1) is 56.1 Å². The van der Waals surface area contributed by atoms with E-state index in [0.29, 0.717) is 50.1 Å². The van der Waals surface area contributed by atoms with Crippen LogP contribution in [0.1, 0.15) is 128 Å². The highest BCUT2D eigenvalue weighted by Crippen LogP contribution is 2.52. The molecule has 0 aliphatic rings. The summed E-state index contributed by atoms with van der Waals surface area (Å²) < 4.78 is 33.3. The van der Waals surface area contributed by atoms with Gasteiger partial charge in [0.1, 0.15) is 0 Å². The Balaban J connectivity index is 2.12. The summed E-state index contributed by atoms with van der Waals surface area (Å²) in [5, 5.41) is 63.8. The zero-order valence-electron chi connectivity index (χ0n) is 35.8. The van der Waals surface area contributed by atoms with Gasteiger partial charge in [0.15, 0.2) is 35.8 Å². The van der Waals surface area contributed by atoms with Gasteiger partial charge in [0.25, 0.3) is 0 Å². The fourth-order valence-corrected chi connectivity index (χ4v) is 7.60. The van der Waals surface area contributed by atoms with Crippen molar-refractivity contribution in [3.8, 4) is 0 Å². The molecule has 3 rings (SSSR count). The highest BCUT2D eigenvalue weighted by atomic mass is 31.2. The molecule has 338 valence electrons. The van der Waals surface area contributed by atoms with E-state index in [1.54, 1.807) is 36.4 Å². The molecule has 23 heteroatoms. The maximum Gasteiger partial charge on any atom is 0.475 e. The third-order valence-corrected chi connectivity index (χ3v) is 10.8. The van der Waals surface area contributed by atoms with Crippen LogP contribution in [0.2, 0.25) is 0 Å². The van der Waals surface area contributed by atoms with Crippen LogP contribution in [0.15, 0.2) is 54.6 Å². The first-order chi connectivity index (χ1) is 28.9. The third kappa shape index (κ3) is 16.1. The summed E-state index contributed by atoms with van der Waals surface area (Å²) in [5.41, 5.74) is 39.8. The molecule has 0 spiro atoms. The lowest BCUT2D eigenvalue weighted by Gasteiger charge is -2.23. The lowest BCUT2D eigenvalue weighted by Crippen LogP contribution is -2.33. The van der Waals surface area contributed by atoms with E-state index < -0.39 is 44.1 Å². The summed E-state index contributed by atoms with van der Waals surface area (Å²) in [6.07, 6.45) is 0. The van der Waals surface area contributed by atoms with Gasteiger partial charge in [-0.05, 0) is 91.6 Å². The molecule has 0 bridgehead atoms. The molecule has 0 aromatic heterocycles. The van der Waals surface area contributed by atoms with E-state index in [2.05, 4.69) is 31.9 Å². The molecule has 6 atom stereocenters. The number of nitrogens with one attached hydrogen (secondary N) is 12. The number of hydrogen-bond donors (Lipinski definition) is 18. The van der Waals surface area contributed by atoms with Crippen molar-refractivity contribution in [2.75, 3.05) is 0 Å².